The lowest BCUT2D eigenvalue weighted by molar-refractivity contribution is -0.120. The van der Waals surface area contributed by atoms with Gasteiger partial charge in [0.25, 0.3) is 0 Å². The lowest BCUT2D eigenvalue weighted by atomic mass is 10.1. The van der Waals surface area contributed by atoms with Crippen LogP contribution in [0, 0.1) is 0 Å². The van der Waals surface area contributed by atoms with E-state index in [0.717, 1.165) is 39.6 Å². The quantitative estimate of drug-likeness (QED) is 0.236. The first-order valence-corrected chi connectivity index (χ1v) is 12.0. The Kier molecular flexibility index (Phi) is 7.58. The number of benzene rings is 3. The molecular formula is C27H28N2O3S. The highest BCUT2D eigenvalue weighted by atomic mass is 32.2. The second-order valence-electron chi connectivity index (χ2n) is 7.56. The van der Waals surface area contributed by atoms with Crippen LogP contribution in [0.1, 0.15) is 12.5 Å². The fourth-order valence-corrected chi connectivity index (χ4v) is 4.74. The van der Waals surface area contributed by atoms with E-state index in [1.165, 1.54) is 10.3 Å². The molecule has 4 rings (SSSR count). The van der Waals surface area contributed by atoms with E-state index < -0.39 is 0 Å². The highest BCUT2D eigenvalue weighted by Crippen LogP contribution is 2.38. The Morgan fingerprint density at radius 1 is 0.970 bits per heavy atom. The summed E-state index contributed by atoms with van der Waals surface area (Å²) in [6, 6.07) is 24.0. The number of carbonyl (C=O) groups is 1. The fourth-order valence-electron chi connectivity index (χ4n) is 3.69. The zero-order valence-electron chi connectivity index (χ0n) is 18.9. The molecule has 0 saturated heterocycles. The first-order chi connectivity index (χ1) is 16.2. The van der Waals surface area contributed by atoms with Crippen molar-refractivity contribution in [1.29, 1.82) is 0 Å². The first kappa shape index (κ1) is 22.8. The van der Waals surface area contributed by atoms with Gasteiger partial charge in [-0.2, -0.15) is 0 Å². The van der Waals surface area contributed by atoms with Crippen LogP contribution in [0.2, 0.25) is 0 Å². The van der Waals surface area contributed by atoms with Crippen molar-refractivity contribution in [1.82, 2.24) is 10.3 Å². The van der Waals surface area contributed by atoms with Gasteiger partial charge in [-0.15, -0.1) is 11.8 Å². The number of methoxy groups -OCH3 is 1. The minimum absolute atomic E-state index is 0.0223. The monoisotopic (exact) mass is 460 g/mol. The predicted molar refractivity (Wildman–Crippen MR) is 135 cm³/mol. The molecule has 0 spiro atoms. The SMILES string of the molecule is CCOc1ccc(CC(=O)NCCSc2c(-c3ccc(OC)cc3)[nH]c3ccccc23)cc1. The molecule has 0 atom stereocenters. The topological polar surface area (TPSA) is 63.4 Å². The van der Waals surface area contributed by atoms with Crippen LogP contribution in [-0.2, 0) is 11.2 Å². The average molecular weight is 461 g/mol. The van der Waals surface area contributed by atoms with E-state index in [4.69, 9.17) is 9.47 Å². The third-order valence-electron chi connectivity index (χ3n) is 5.31. The molecule has 0 aliphatic rings. The van der Waals surface area contributed by atoms with E-state index in [1.54, 1.807) is 18.9 Å². The Hall–Kier alpha value is -3.38. The molecule has 33 heavy (non-hydrogen) atoms. The van der Waals surface area contributed by atoms with E-state index >= 15 is 0 Å². The second kappa shape index (κ2) is 11.0. The van der Waals surface area contributed by atoms with Crippen molar-refractivity contribution in [2.75, 3.05) is 26.0 Å². The molecular weight excluding hydrogens is 432 g/mol. The minimum atomic E-state index is 0.0223. The molecule has 1 heterocycles. The van der Waals surface area contributed by atoms with E-state index in [9.17, 15) is 4.79 Å². The van der Waals surface area contributed by atoms with Gasteiger partial charge in [-0.25, -0.2) is 0 Å². The first-order valence-electron chi connectivity index (χ1n) is 11.0. The van der Waals surface area contributed by atoms with Crippen molar-refractivity contribution >= 4 is 28.6 Å². The lowest BCUT2D eigenvalue weighted by Gasteiger charge is -2.08. The zero-order chi connectivity index (χ0) is 23.0. The summed E-state index contributed by atoms with van der Waals surface area (Å²) in [5, 5.41) is 4.23. The van der Waals surface area contributed by atoms with Gasteiger partial charge in [-0.3, -0.25) is 4.79 Å². The molecule has 4 aromatic rings. The molecule has 0 radical (unpaired) electrons. The Morgan fingerprint density at radius 2 is 1.70 bits per heavy atom. The van der Waals surface area contributed by atoms with E-state index in [0.29, 0.717) is 19.6 Å². The van der Waals surface area contributed by atoms with Crippen LogP contribution < -0.4 is 14.8 Å². The number of para-hydroxylation sites is 1. The maximum atomic E-state index is 12.4. The third kappa shape index (κ3) is 5.71. The number of fused-ring (bicyclic) bond motifs is 1. The van der Waals surface area contributed by atoms with E-state index in [2.05, 4.69) is 40.6 Å². The lowest BCUT2D eigenvalue weighted by Crippen LogP contribution is -2.27. The number of H-pyrrole nitrogens is 1. The zero-order valence-corrected chi connectivity index (χ0v) is 19.7. The van der Waals surface area contributed by atoms with Crippen molar-refractivity contribution < 1.29 is 14.3 Å². The van der Waals surface area contributed by atoms with Crippen molar-refractivity contribution in [2.45, 2.75) is 18.2 Å². The number of rotatable bonds is 10. The van der Waals surface area contributed by atoms with Crippen LogP contribution in [0.4, 0.5) is 0 Å². The Balaban J connectivity index is 1.38. The Labute approximate surface area is 198 Å². The van der Waals surface area contributed by atoms with Crippen LogP contribution in [0.3, 0.4) is 0 Å². The summed E-state index contributed by atoms with van der Waals surface area (Å²) in [5.74, 6) is 2.46. The maximum Gasteiger partial charge on any atom is 0.224 e. The largest absolute Gasteiger partial charge is 0.497 e. The Morgan fingerprint density at radius 3 is 2.42 bits per heavy atom. The van der Waals surface area contributed by atoms with Gasteiger partial charge in [0.15, 0.2) is 0 Å². The standard InChI is InChI=1S/C27H28N2O3S/c1-3-32-22-12-8-19(9-13-22)18-25(30)28-16-17-33-27-23-6-4-5-7-24(23)29-26(27)20-10-14-21(31-2)15-11-20/h4-15,29H,3,16-18H2,1-2H3,(H,28,30). The summed E-state index contributed by atoms with van der Waals surface area (Å²) >= 11 is 1.75. The second-order valence-corrected chi connectivity index (χ2v) is 8.66. The van der Waals surface area contributed by atoms with E-state index in [1.807, 2.05) is 49.4 Å². The molecule has 3 aromatic carbocycles. The molecule has 0 aliphatic heterocycles. The van der Waals surface area contributed by atoms with Gasteiger partial charge in [0.1, 0.15) is 11.5 Å². The van der Waals surface area contributed by atoms with Gasteiger partial charge in [0.05, 0.1) is 25.8 Å². The number of amides is 1. The van der Waals surface area contributed by atoms with E-state index in [-0.39, 0.29) is 5.91 Å². The molecule has 0 fully saturated rings. The highest BCUT2D eigenvalue weighted by Gasteiger charge is 2.14. The van der Waals surface area contributed by atoms with Gasteiger partial charge < -0.3 is 19.8 Å². The minimum Gasteiger partial charge on any atom is -0.497 e. The molecule has 0 bridgehead atoms. The maximum absolute atomic E-state index is 12.4. The van der Waals surface area contributed by atoms with Crippen LogP contribution in [0.25, 0.3) is 22.2 Å². The number of ether oxygens (including phenoxy) is 2. The smallest absolute Gasteiger partial charge is 0.224 e. The van der Waals surface area contributed by atoms with Crippen LogP contribution >= 0.6 is 11.8 Å². The molecule has 1 aromatic heterocycles. The summed E-state index contributed by atoms with van der Waals surface area (Å²) in [6.07, 6.45) is 0.362. The molecule has 1 amide bonds. The van der Waals surface area contributed by atoms with Gasteiger partial charge in [-0.1, -0.05) is 30.3 Å². The Bertz CT molecular complexity index is 1200. The normalized spacial score (nSPS) is 10.8. The van der Waals surface area contributed by atoms with Crippen molar-refractivity contribution in [3.05, 3.63) is 78.4 Å². The van der Waals surface area contributed by atoms with Gasteiger partial charge in [0, 0.05) is 28.1 Å². The molecule has 2 N–H and O–H groups in total. The van der Waals surface area contributed by atoms with Crippen molar-refractivity contribution in [3.8, 4) is 22.8 Å². The van der Waals surface area contributed by atoms with Gasteiger partial charge in [-0.05, 0) is 60.5 Å². The fraction of sp³-hybridized carbons (Fsp3) is 0.222. The number of aromatic nitrogens is 1. The number of thioether (sulfide) groups is 1. The predicted octanol–water partition coefficient (Wildman–Crippen LogP) is 5.69. The summed E-state index contributed by atoms with van der Waals surface area (Å²) < 4.78 is 10.7. The van der Waals surface area contributed by atoms with Crippen LogP contribution in [0.5, 0.6) is 11.5 Å². The van der Waals surface area contributed by atoms with Gasteiger partial charge in [0.2, 0.25) is 5.91 Å². The molecule has 170 valence electrons. The highest BCUT2D eigenvalue weighted by molar-refractivity contribution is 7.99. The number of carbonyl (C=O) groups excluding carboxylic acids is 1. The summed E-state index contributed by atoms with van der Waals surface area (Å²) in [6.45, 7) is 3.19. The van der Waals surface area contributed by atoms with Crippen LogP contribution in [-0.4, -0.2) is 36.9 Å². The van der Waals surface area contributed by atoms with Gasteiger partial charge >= 0.3 is 0 Å². The number of nitrogens with one attached hydrogen (secondary N) is 2. The summed E-state index contributed by atoms with van der Waals surface area (Å²) in [4.78, 5) is 17.1. The summed E-state index contributed by atoms with van der Waals surface area (Å²) in [5.41, 5.74) is 4.27. The van der Waals surface area contributed by atoms with Crippen molar-refractivity contribution in [3.63, 3.8) is 0 Å². The molecule has 5 nitrogen and oxygen atoms in total. The summed E-state index contributed by atoms with van der Waals surface area (Å²) in [7, 11) is 1.67. The van der Waals surface area contributed by atoms with Crippen LogP contribution in [0.15, 0.2) is 77.7 Å². The molecule has 0 unspecified atom stereocenters. The molecule has 0 aliphatic carbocycles. The third-order valence-corrected chi connectivity index (χ3v) is 6.43. The number of hydrogen-bond donors (Lipinski definition) is 2. The average Bonchev–Trinajstić information content (AvgIpc) is 3.22. The van der Waals surface area contributed by atoms with Crippen molar-refractivity contribution in [2.24, 2.45) is 0 Å². The molecule has 0 saturated carbocycles. The number of aromatic amines is 1. The molecule has 6 heteroatoms. The number of hydrogen-bond acceptors (Lipinski definition) is 4.